The summed E-state index contributed by atoms with van der Waals surface area (Å²) in [4.78, 5) is 14.2. The standard InChI is InChI=1S/C14H10BrFOS/c15-9-4-5-11(16)10(7-9)14(17)13-6-8-2-1-3-12(8)18-13/h4-7H,1-3H2. The third-order valence-corrected chi connectivity index (χ3v) is 4.87. The topological polar surface area (TPSA) is 17.1 Å². The van der Waals surface area contributed by atoms with Crippen molar-refractivity contribution in [2.24, 2.45) is 0 Å². The Morgan fingerprint density at radius 2 is 2.11 bits per heavy atom. The number of halogens is 2. The van der Waals surface area contributed by atoms with Crippen LogP contribution in [0.1, 0.15) is 32.1 Å². The zero-order valence-electron chi connectivity index (χ0n) is 9.50. The van der Waals surface area contributed by atoms with Crippen molar-refractivity contribution < 1.29 is 9.18 Å². The second kappa shape index (κ2) is 4.59. The Balaban J connectivity index is 2.01. The van der Waals surface area contributed by atoms with Crippen LogP contribution >= 0.6 is 27.3 Å². The van der Waals surface area contributed by atoms with Crippen LogP contribution in [0.5, 0.6) is 0 Å². The highest BCUT2D eigenvalue weighted by molar-refractivity contribution is 9.10. The number of carbonyl (C=O) groups excluding carboxylic acids is 1. The molecule has 1 heterocycles. The van der Waals surface area contributed by atoms with Gasteiger partial charge in [-0.2, -0.15) is 0 Å². The van der Waals surface area contributed by atoms with E-state index in [9.17, 15) is 9.18 Å². The molecule has 4 heteroatoms. The number of hydrogen-bond acceptors (Lipinski definition) is 2. The van der Waals surface area contributed by atoms with Gasteiger partial charge in [-0.15, -0.1) is 11.3 Å². The molecule has 0 radical (unpaired) electrons. The van der Waals surface area contributed by atoms with Gasteiger partial charge in [0, 0.05) is 9.35 Å². The molecule has 1 nitrogen and oxygen atoms in total. The molecule has 0 amide bonds. The lowest BCUT2D eigenvalue weighted by molar-refractivity contribution is 0.103. The third kappa shape index (κ3) is 2.04. The number of carbonyl (C=O) groups is 1. The smallest absolute Gasteiger partial charge is 0.205 e. The molecule has 0 bridgehead atoms. The number of ketones is 1. The van der Waals surface area contributed by atoms with E-state index in [1.165, 1.54) is 34.3 Å². The van der Waals surface area contributed by atoms with E-state index in [2.05, 4.69) is 15.9 Å². The van der Waals surface area contributed by atoms with Gasteiger partial charge in [0.15, 0.2) is 0 Å². The SMILES string of the molecule is O=C(c1cc2c(s1)CCC2)c1cc(Br)ccc1F. The van der Waals surface area contributed by atoms with E-state index in [0.717, 1.165) is 17.3 Å². The number of hydrogen-bond donors (Lipinski definition) is 0. The van der Waals surface area contributed by atoms with Crippen molar-refractivity contribution in [1.82, 2.24) is 0 Å². The minimum Gasteiger partial charge on any atom is -0.288 e. The minimum atomic E-state index is -0.461. The zero-order valence-corrected chi connectivity index (χ0v) is 11.9. The predicted molar refractivity (Wildman–Crippen MR) is 73.9 cm³/mol. The molecule has 1 aliphatic rings. The summed E-state index contributed by atoms with van der Waals surface area (Å²) < 4.78 is 14.4. The monoisotopic (exact) mass is 324 g/mol. The molecule has 92 valence electrons. The first-order chi connectivity index (χ1) is 8.65. The Morgan fingerprint density at radius 1 is 1.28 bits per heavy atom. The maximum absolute atomic E-state index is 13.7. The summed E-state index contributed by atoms with van der Waals surface area (Å²) in [6, 6.07) is 6.39. The van der Waals surface area contributed by atoms with Crippen LogP contribution in [0.4, 0.5) is 4.39 Å². The van der Waals surface area contributed by atoms with Crippen molar-refractivity contribution in [3.05, 3.63) is 55.4 Å². The maximum Gasteiger partial charge on any atom is 0.205 e. The first-order valence-corrected chi connectivity index (χ1v) is 7.37. The van der Waals surface area contributed by atoms with Gasteiger partial charge in [0.05, 0.1) is 10.4 Å². The number of thiophene rings is 1. The van der Waals surface area contributed by atoms with Crippen molar-refractivity contribution >= 4 is 33.0 Å². The van der Waals surface area contributed by atoms with Gasteiger partial charge < -0.3 is 0 Å². The first kappa shape index (κ1) is 12.1. The maximum atomic E-state index is 13.7. The third-order valence-electron chi connectivity index (χ3n) is 3.14. The van der Waals surface area contributed by atoms with Gasteiger partial charge in [0.1, 0.15) is 5.82 Å². The largest absolute Gasteiger partial charge is 0.288 e. The molecule has 0 N–H and O–H groups in total. The van der Waals surface area contributed by atoms with Crippen molar-refractivity contribution in [2.45, 2.75) is 19.3 Å². The fourth-order valence-electron chi connectivity index (χ4n) is 2.25. The molecule has 1 aliphatic carbocycles. The van der Waals surface area contributed by atoms with Crippen LogP contribution in [-0.2, 0) is 12.8 Å². The normalized spacial score (nSPS) is 13.7. The molecule has 18 heavy (non-hydrogen) atoms. The fourth-order valence-corrected chi connectivity index (χ4v) is 3.81. The van der Waals surface area contributed by atoms with Crippen molar-refractivity contribution in [1.29, 1.82) is 0 Å². The molecule has 0 unspecified atom stereocenters. The van der Waals surface area contributed by atoms with Crippen LogP contribution in [0, 0.1) is 5.82 Å². The molecule has 0 fully saturated rings. The van der Waals surface area contributed by atoms with Gasteiger partial charge in [-0.05, 0) is 49.1 Å². The highest BCUT2D eigenvalue weighted by Gasteiger charge is 2.21. The highest BCUT2D eigenvalue weighted by atomic mass is 79.9. The summed E-state index contributed by atoms with van der Waals surface area (Å²) in [5, 5.41) is 0. The number of rotatable bonds is 2. The minimum absolute atomic E-state index is 0.143. The van der Waals surface area contributed by atoms with Crippen LogP contribution in [-0.4, -0.2) is 5.78 Å². The van der Waals surface area contributed by atoms with E-state index in [1.807, 2.05) is 6.07 Å². The fraction of sp³-hybridized carbons (Fsp3) is 0.214. The Labute approximate surface area is 117 Å². The van der Waals surface area contributed by atoms with E-state index in [0.29, 0.717) is 4.88 Å². The molecule has 0 aliphatic heterocycles. The lowest BCUT2D eigenvalue weighted by Gasteiger charge is -2.01. The van der Waals surface area contributed by atoms with Gasteiger partial charge in [0.25, 0.3) is 0 Å². The Bertz CT molecular complexity index is 611. The van der Waals surface area contributed by atoms with E-state index in [4.69, 9.17) is 0 Å². The lowest BCUT2D eigenvalue weighted by atomic mass is 10.1. The number of aryl methyl sites for hydroxylation is 2. The second-order valence-corrected chi connectivity index (χ2v) is 6.42. The molecule has 2 aromatic rings. The Kier molecular flexibility index (Phi) is 3.08. The average molecular weight is 325 g/mol. The van der Waals surface area contributed by atoms with Gasteiger partial charge in [-0.1, -0.05) is 15.9 Å². The summed E-state index contributed by atoms with van der Waals surface area (Å²) in [5.74, 6) is -0.676. The summed E-state index contributed by atoms with van der Waals surface area (Å²) in [6.45, 7) is 0. The summed E-state index contributed by atoms with van der Waals surface area (Å²) in [7, 11) is 0. The molecular weight excluding hydrogens is 315 g/mol. The van der Waals surface area contributed by atoms with Gasteiger partial charge in [-0.3, -0.25) is 4.79 Å². The van der Waals surface area contributed by atoms with E-state index in [-0.39, 0.29) is 11.3 Å². The van der Waals surface area contributed by atoms with Crippen LogP contribution in [0.15, 0.2) is 28.7 Å². The summed E-state index contributed by atoms with van der Waals surface area (Å²) in [5.41, 5.74) is 1.41. The van der Waals surface area contributed by atoms with E-state index in [1.54, 1.807) is 12.1 Å². The molecule has 0 saturated carbocycles. The molecule has 0 saturated heterocycles. The number of fused-ring (bicyclic) bond motifs is 1. The number of benzene rings is 1. The van der Waals surface area contributed by atoms with Gasteiger partial charge >= 0.3 is 0 Å². The molecular formula is C14H10BrFOS. The van der Waals surface area contributed by atoms with E-state index >= 15 is 0 Å². The average Bonchev–Trinajstić information content (AvgIpc) is 2.91. The van der Waals surface area contributed by atoms with Gasteiger partial charge in [-0.25, -0.2) is 4.39 Å². The molecule has 3 rings (SSSR count). The molecule has 0 atom stereocenters. The first-order valence-electron chi connectivity index (χ1n) is 5.76. The van der Waals surface area contributed by atoms with Crippen LogP contribution in [0.3, 0.4) is 0 Å². The van der Waals surface area contributed by atoms with Crippen molar-refractivity contribution in [2.75, 3.05) is 0 Å². The van der Waals surface area contributed by atoms with Crippen LogP contribution < -0.4 is 0 Å². The molecule has 1 aromatic heterocycles. The van der Waals surface area contributed by atoms with Crippen LogP contribution in [0.25, 0.3) is 0 Å². The highest BCUT2D eigenvalue weighted by Crippen LogP contribution is 2.32. The second-order valence-electron chi connectivity index (χ2n) is 4.37. The van der Waals surface area contributed by atoms with Crippen molar-refractivity contribution in [3.63, 3.8) is 0 Å². The zero-order chi connectivity index (χ0) is 12.7. The summed E-state index contributed by atoms with van der Waals surface area (Å²) >= 11 is 4.77. The summed E-state index contributed by atoms with van der Waals surface area (Å²) in [6.07, 6.45) is 3.26. The predicted octanol–water partition coefficient (Wildman–Crippen LogP) is 4.37. The van der Waals surface area contributed by atoms with Crippen LogP contribution in [0.2, 0.25) is 0 Å². The van der Waals surface area contributed by atoms with Crippen molar-refractivity contribution in [3.8, 4) is 0 Å². The van der Waals surface area contributed by atoms with E-state index < -0.39 is 5.82 Å². The molecule has 0 spiro atoms. The Hall–Kier alpha value is -1.00. The molecule has 1 aromatic carbocycles. The lowest BCUT2D eigenvalue weighted by Crippen LogP contribution is -2.02. The van der Waals surface area contributed by atoms with Gasteiger partial charge in [0.2, 0.25) is 5.78 Å². The Morgan fingerprint density at radius 3 is 2.89 bits per heavy atom. The quantitative estimate of drug-likeness (QED) is 0.750.